The van der Waals surface area contributed by atoms with Gasteiger partial charge in [-0.05, 0) is 36.6 Å². The highest BCUT2D eigenvalue weighted by Gasteiger charge is 2.41. The van der Waals surface area contributed by atoms with E-state index in [9.17, 15) is 13.5 Å². The third kappa shape index (κ3) is 3.54. The van der Waals surface area contributed by atoms with Crippen LogP contribution in [0.2, 0.25) is 0 Å². The van der Waals surface area contributed by atoms with E-state index in [0.717, 1.165) is 33.8 Å². The molecule has 0 aliphatic heterocycles. The smallest absolute Gasteiger partial charge is 0.269 e. The zero-order chi connectivity index (χ0) is 25.9. The second-order valence-electron chi connectivity index (χ2n) is 8.99. The molecule has 1 unspecified atom stereocenters. The lowest BCUT2D eigenvalue weighted by molar-refractivity contribution is 0.0790. The van der Waals surface area contributed by atoms with Crippen molar-refractivity contribution in [2.45, 2.75) is 23.3 Å². The summed E-state index contributed by atoms with van der Waals surface area (Å²) >= 11 is 2.97. The molecule has 0 fully saturated rings. The van der Waals surface area contributed by atoms with Gasteiger partial charge in [-0.25, -0.2) is 27.3 Å². The highest BCUT2D eigenvalue weighted by atomic mass is 32.2. The fourth-order valence-electron chi connectivity index (χ4n) is 4.91. The maximum Gasteiger partial charge on any atom is 0.269 e. The fourth-order valence-corrected chi connectivity index (χ4v) is 7.92. The van der Waals surface area contributed by atoms with Crippen LogP contribution in [-0.4, -0.2) is 37.4 Å². The SMILES string of the molecule is O=S(=O)(c1ccccc1)n1cc(-c2nc(-c3cccc(C4(O)CCc5scnc54)c3)cs2)c2nccnc21. The number of rotatable bonds is 5. The number of benzene rings is 2. The van der Waals surface area contributed by atoms with Gasteiger partial charge in [-0.15, -0.1) is 22.7 Å². The summed E-state index contributed by atoms with van der Waals surface area (Å²) in [5.74, 6) is 0. The normalized spacial score (nSPS) is 17.2. The lowest BCUT2D eigenvalue weighted by Crippen LogP contribution is -2.24. The van der Waals surface area contributed by atoms with E-state index in [0.29, 0.717) is 22.5 Å². The Bertz CT molecular complexity index is 1930. The van der Waals surface area contributed by atoms with E-state index in [4.69, 9.17) is 4.98 Å². The first-order valence-electron chi connectivity index (χ1n) is 11.8. The van der Waals surface area contributed by atoms with Gasteiger partial charge in [0.25, 0.3) is 10.0 Å². The lowest BCUT2D eigenvalue weighted by atomic mass is 9.90. The van der Waals surface area contributed by atoms with Gasteiger partial charge < -0.3 is 5.11 Å². The molecule has 8 nitrogen and oxygen atoms in total. The lowest BCUT2D eigenvalue weighted by Gasteiger charge is -2.23. The summed E-state index contributed by atoms with van der Waals surface area (Å²) in [5, 5.41) is 14.0. The van der Waals surface area contributed by atoms with Crippen molar-refractivity contribution in [1.29, 1.82) is 0 Å². The van der Waals surface area contributed by atoms with Crippen molar-refractivity contribution in [2.75, 3.05) is 0 Å². The van der Waals surface area contributed by atoms with Crippen LogP contribution < -0.4 is 0 Å². The van der Waals surface area contributed by atoms with E-state index in [1.54, 1.807) is 53.4 Å². The maximum atomic E-state index is 13.4. The van der Waals surface area contributed by atoms with Gasteiger partial charge in [0.1, 0.15) is 16.1 Å². The Morgan fingerprint density at radius 3 is 2.68 bits per heavy atom. The summed E-state index contributed by atoms with van der Waals surface area (Å²) in [4.78, 5) is 19.3. The van der Waals surface area contributed by atoms with E-state index < -0.39 is 15.6 Å². The molecule has 188 valence electrons. The summed E-state index contributed by atoms with van der Waals surface area (Å²) in [6, 6.07) is 16.0. The van der Waals surface area contributed by atoms with Crippen molar-refractivity contribution in [1.82, 2.24) is 23.9 Å². The van der Waals surface area contributed by atoms with Crippen LogP contribution in [0.5, 0.6) is 0 Å². The Morgan fingerprint density at radius 2 is 1.82 bits per heavy atom. The van der Waals surface area contributed by atoms with Crippen molar-refractivity contribution < 1.29 is 13.5 Å². The Hall–Kier alpha value is -3.77. The van der Waals surface area contributed by atoms with Crippen LogP contribution in [0.15, 0.2) is 89.0 Å². The Labute approximate surface area is 226 Å². The molecular weight excluding hydrogens is 539 g/mol. The van der Waals surface area contributed by atoms with Gasteiger partial charge in [-0.2, -0.15) is 0 Å². The maximum absolute atomic E-state index is 13.4. The van der Waals surface area contributed by atoms with E-state index in [2.05, 4.69) is 15.0 Å². The minimum absolute atomic E-state index is 0.166. The van der Waals surface area contributed by atoms with Crippen molar-refractivity contribution >= 4 is 43.9 Å². The summed E-state index contributed by atoms with van der Waals surface area (Å²) in [6.45, 7) is 0. The molecule has 11 heteroatoms. The number of aromatic nitrogens is 5. The van der Waals surface area contributed by atoms with Gasteiger partial charge in [0, 0.05) is 34.4 Å². The molecule has 38 heavy (non-hydrogen) atoms. The number of hydrogen-bond acceptors (Lipinski definition) is 9. The van der Waals surface area contributed by atoms with Crippen LogP contribution in [0.1, 0.15) is 22.6 Å². The number of fused-ring (bicyclic) bond motifs is 2. The van der Waals surface area contributed by atoms with Gasteiger partial charge in [0.2, 0.25) is 0 Å². The van der Waals surface area contributed by atoms with Gasteiger partial charge in [0.05, 0.1) is 27.4 Å². The van der Waals surface area contributed by atoms with Crippen molar-refractivity contribution in [3.05, 3.63) is 100 Å². The third-order valence-electron chi connectivity index (χ3n) is 6.81. The molecule has 1 atom stereocenters. The molecule has 0 spiro atoms. The van der Waals surface area contributed by atoms with Crippen LogP contribution >= 0.6 is 22.7 Å². The fraction of sp³-hybridized carbons (Fsp3) is 0.111. The van der Waals surface area contributed by atoms with Crippen molar-refractivity contribution in [3.63, 3.8) is 0 Å². The van der Waals surface area contributed by atoms with E-state index in [1.807, 2.05) is 29.6 Å². The highest BCUT2D eigenvalue weighted by molar-refractivity contribution is 7.90. The summed E-state index contributed by atoms with van der Waals surface area (Å²) < 4.78 is 28.0. The van der Waals surface area contributed by atoms with Crippen LogP contribution in [-0.2, 0) is 22.0 Å². The molecule has 0 amide bonds. The molecule has 4 heterocycles. The Kier molecular flexibility index (Phi) is 5.31. The first kappa shape index (κ1) is 23.4. The second-order valence-corrected chi connectivity index (χ2v) is 12.6. The molecule has 6 aromatic rings. The highest BCUT2D eigenvalue weighted by Crippen LogP contribution is 2.44. The predicted molar refractivity (Wildman–Crippen MR) is 147 cm³/mol. The quantitative estimate of drug-likeness (QED) is 0.314. The summed E-state index contributed by atoms with van der Waals surface area (Å²) in [6.07, 6.45) is 5.96. The Balaban J connectivity index is 1.30. The summed E-state index contributed by atoms with van der Waals surface area (Å²) in [5.41, 5.74) is 5.06. The molecule has 0 saturated carbocycles. The first-order valence-corrected chi connectivity index (χ1v) is 15.0. The molecule has 7 rings (SSSR count). The van der Waals surface area contributed by atoms with Gasteiger partial charge in [0.15, 0.2) is 5.65 Å². The largest absolute Gasteiger partial charge is 0.379 e. The molecule has 1 N–H and O–H groups in total. The number of aryl methyl sites for hydroxylation is 1. The number of nitrogens with zero attached hydrogens (tertiary/aromatic N) is 5. The molecule has 1 aliphatic carbocycles. The topological polar surface area (TPSA) is 111 Å². The van der Waals surface area contributed by atoms with Crippen LogP contribution in [0.25, 0.3) is 33.0 Å². The van der Waals surface area contributed by atoms with Gasteiger partial charge in [-0.1, -0.05) is 36.4 Å². The van der Waals surface area contributed by atoms with Crippen molar-refractivity contribution in [2.24, 2.45) is 0 Å². The molecule has 0 radical (unpaired) electrons. The predicted octanol–water partition coefficient (Wildman–Crippen LogP) is 5.10. The van der Waals surface area contributed by atoms with Crippen LogP contribution in [0.4, 0.5) is 0 Å². The third-order valence-corrected chi connectivity index (χ3v) is 10.2. The van der Waals surface area contributed by atoms with Crippen LogP contribution in [0.3, 0.4) is 0 Å². The first-order chi connectivity index (χ1) is 18.4. The van der Waals surface area contributed by atoms with Gasteiger partial charge >= 0.3 is 0 Å². The van der Waals surface area contributed by atoms with E-state index in [-0.39, 0.29) is 10.5 Å². The van der Waals surface area contributed by atoms with Crippen molar-refractivity contribution in [3.8, 4) is 21.8 Å². The molecule has 4 aromatic heterocycles. The zero-order valence-electron chi connectivity index (χ0n) is 19.7. The van der Waals surface area contributed by atoms with Crippen LogP contribution in [0, 0.1) is 0 Å². The standard InChI is InChI=1S/C27H19N5O3S3/c33-27(10-9-22-24(27)30-16-37-22)18-6-4-5-17(13-18)21-15-36-26(31-21)20-14-32(25-23(20)28-11-12-29-25)38(34,35)19-7-2-1-3-8-19/h1-8,11-16,33H,9-10H2. The average molecular weight is 558 g/mol. The number of hydrogen-bond donors (Lipinski definition) is 1. The summed E-state index contributed by atoms with van der Waals surface area (Å²) in [7, 11) is -3.88. The monoisotopic (exact) mass is 557 g/mol. The molecular formula is C27H19N5O3S3. The molecule has 0 bridgehead atoms. The van der Waals surface area contributed by atoms with E-state index in [1.165, 1.54) is 27.7 Å². The van der Waals surface area contributed by atoms with Gasteiger partial charge in [-0.3, -0.25) is 4.98 Å². The molecule has 1 aliphatic rings. The minimum atomic E-state index is -3.88. The second kappa shape index (κ2) is 8.63. The minimum Gasteiger partial charge on any atom is -0.379 e. The Morgan fingerprint density at radius 1 is 0.974 bits per heavy atom. The van der Waals surface area contributed by atoms with E-state index >= 15 is 0 Å². The molecule has 2 aromatic carbocycles. The number of aliphatic hydroxyl groups is 1. The zero-order valence-corrected chi connectivity index (χ0v) is 22.2. The average Bonchev–Trinajstić information content (AvgIpc) is 3.74. The molecule has 0 saturated heterocycles. The number of thiazole rings is 2.